The van der Waals surface area contributed by atoms with E-state index >= 15 is 0 Å². The van der Waals surface area contributed by atoms with Gasteiger partial charge in [-0.15, -0.1) is 0 Å². The van der Waals surface area contributed by atoms with Crippen molar-refractivity contribution in [1.29, 1.82) is 0 Å². The number of nitrogens with zero attached hydrogens (tertiary/aromatic N) is 5. The first-order valence-electron chi connectivity index (χ1n) is 19.7. The minimum Gasteiger partial charge on any atom is -0.465 e. The van der Waals surface area contributed by atoms with Crippen molar-refractivity contribution in [2.24, 2.45) is 0 Å². The number of halogens is 5. The maximum atomic E-state index is 14.7. The van der Waals surface area contributed by atoms with Crippen molar-refractivity contribution in [2.75, 3.05) is 89.9 Å². The first-order chi connectivity index (χ1) is 29.3. The highest BCUT2D eigenvalue weighted by Gasteiger charge is 2.27. The molecule has 4 amide bonds. The molecule has 2 aliphatic heterocycles. The zero-order chi connectivity index (χ0) is 44.5. The molecule has 17 heteroatoms. The Morgan fingerprint density at radius 3 is 1.49 bits per heavy atom. The van der Waals surface area contributed by atoms with Gasteiger partial charge in [0.25, 0.3) is 0 Å². The summed E-state index contributed by atoms with van der Waals surface area (Å²) < 4.78 is 63.0. The SMILES string of the molecule is CCN1CCN(C(=O)N(Cc2ccc(C(=O)OC)cc2F)c2ccc(F)cc2)CC1.CCN1CCN(C(=O)Nc2ccc(F)cc2)CC1.COC(=O)c1ccc(CBr)c(F)c1. The maximum Gasteiger partial charge on any atom is 0.337 e. The Labute approximate surface area is 362 Å². The third-order valence-electron chi connectivity index (χ3n) is 10.1. The van der Waals surface area contributed by atoms with E-state index < -0.39 is 29.4 Å². The van der Waals surface area contributed by atoms with Crippen LogP contribution in [-0.2, 0) is 21.3 Å². The van der Waals surface area contributed by atoms with Gasteiger partial charge in [-0.1, -0.05) is 41.9 Å². The lowest BCUT2D eigenvalue weighted by atomic mass is 10.1. The third-order valence-corrected chi connectivity index (χ3v) is 10.7. The fourth-order valence-corrected chi connectivity index (χ4v) is 6.77. The van der Waals surface area contributed by atoms with E-state index in [0.29, 0.717) is 35.4 Å². The van der Waals surface area contributed by atoms with E-state index in [-0.39, 0.29) is 41.1 Å². The largest absolute Gasteiger partial charge is 0.465 e. The van der Waals surface area contributed by atoms with E-state index in [1.165, 1.54) is 79.8 Å². The molecule has 0 aromatic heterocycles. The molecule has 1 N–H and O–H groups in total. The minimum atomic E-state index is -0.638. The first-order valence-corrected chi connectivity index (χ1v) is 20.8. The molecule has 2 fully saturated rings. The average molecular weight is 916 g/mol. The molecular formula is C44H51BrF4N6O6. The van der Waals surface area contributed by atoms with Crippen LogP contribution in [0.1, 0.15) is 45.7 Å². The average Bonchev–Trinajstić information content (AvgIpc) is 3.29. The maximum absolute atomic E-state index is 14.7. The van der Waals surface area contributed by atoms with Crippen LogP contribution in [0.3, 0.4) is 0 Å². The number of hydrogen-bond acceptors (Lipinski definition) is 8. The summed E-state index contributed by atoms with van der Waals surface area (Å²) in [5.41, 5.74) is 2.18. The highest BCUT2D eigenvalue weighted by Crippen LogP contribution is 2.23. The lowest BCUT2D eigenvalue weighted by molar-refractivity contribution is 0.0591. The van der Waals surface area contributed by atoms with Crippen LogP contribution in [0, 0.1) is 23.3 Å². The molecule has 0 aliphatic carbocycles. The van der Waals surface area contributed by atoms with E-state index in [9.17, 15) is 36.7 Å². The van der Waals surface area contributed by atoms with E-state index in [1.807, 2.05) is 0 Å². The van der Waals surface area contributed by atoms with Gasteiger partial charge in [-0.25, -0.2) is 36.7 Å². The number of anilines is 2. The van der Waals surface area contributed by atoms with Gasteiger partial charge < -0.3 is 34.4 Å². The standard InChI is InChI=1S/C22H25F2N3O3.C13H18FN3O.C9H8BrFO2/c1-3-25-10-12-26(13-11-25)22(29)27(19-8-6-18(23)7-9-19)15-17-5-4-16(14-20(17)24)21(28)30-2;1-2-16-7-9-17(10-8-16)13(18)15-12-5-3-11(14)4-6-12;1-13-9(12)6-2-3-7(5-10)8(11)4-6/h4-9,14H,3,10-13,15H2,1-2H3;3-6H,2,7-10H2,1H3,(H,15,18);2-4H,5H2,1H3. The van der Waals surface area contributed by atoms with Crippen LogP contribution < -0.4 is 10.2 Å². The zero-order valence-electron chi connectivity index (χ0n) is 34.6. The van der Waals surface area contributed by atoms with E-state index in [4.69, 9.17) is 0 Å². The van der Waals surface area contributed by atoms with Gasteiger partial charge >= 0.3 is 24.0 Å². The summed E-state index contributed by atoms with van der Waals surface area (Å²) >= 11 is 3.13. The molecule has 6 rings (SSSR count). The van der Waals surface area contributed by atoms with Crippen LogP contribution in [0.4, 0.5) is 38.5 Å². The Bertz CT molecular complexity index is 2060. The lowest BCUT2D eigenvalue weighted by Gasteiger charge is -2.37. The van der Waals surface area contributed by atoms with E-state index in [0.717, 1.165) is 58.4 Å². The fourth-order valence-electron chi connectivity index (χ4n) is 6.31. The Morgan fingerprint density at radius 1 is 0.623 bits per heavy atom. The number of hydrogen-bond donors (Lipinski definition) is 1. The number of carbonyl (C=O) groups is 4. The van der Waals surface area contributed by atoms with Gasteiger partial charge in [-0.3, -0.25) is 4.90 Å². The molecule has 4 aromatic rings. The molecule has 0 unspecified atom stereocenters. The second-order valence-corrected chi connectivity index (χ2v) is 14.4. The smallest absolute Gasteiger partial charge is 0.337 e. The molecule has 2 aliphatic rings. The Hall–Kier alpha value is -5.52. The summed E-state index contributed by atoms with van der Waals surface area (Å²) in [6, 6.07) is 19.2. The summed E-state index contributed by atoms with van der Waals surface area (Å²) in [7, 11) is 2.49. The third kappa shape index (κ3) is 14.3. The first kappa shape index (κ1) is 48.1. The van der Waals surface area contributed by atoms with Crippen LogP contribution >= 0.6 is 15.9 Å². The monoisotopic (exact) mass is 914 g/mol. The number of benzene rings is 4. The van der Waals surface area contributed by atoms with Crippen molar-refractivity contribution in [3.63, 3.8) is 0 Å². The van der Waals surface area contributed by atoms with Crippen molar-refractivity contribution in [3.8, 4) is 0 Å². The molecule has 0 bridgehead atoms. The van der Waals surface area contributed by atoms with Gasteiger partial charge in [-0.2, -0.15) is 0 Å². The van der Waals surface area contributed by atoms with Crippen molar-refractivity contribution >= 4 is 51.3 Å². The normalized spacial score (nSPS) is 14.1. The Morgan fingerprint density at radius 2 is 1.07 bits per heavy atom. The summed E-state index contributed by atoms with van der Waals surface area (Å²) in [4.78, 5) is 57.3. The van der Waals surface area contributed by atoms with Crippen molar-refractivity contribution in [1.82, 2.24) is 19.6 Å². The number of esters is 2. The number of carbonyl (C=O) groups excluding carboxylic acids is 4. The number of piperazine rings is 2. The van der Waals surface area contributed by atoms with Crippen LogP contribution in [0.5, 0.6) is 0 Å². The lowest BCUT2D eigenvalue weighted by Crippen LogP contribution is -2.52. The molecule has 0 spiro atoms. The van der Waals surface area contributed by atoms with Crippen LogP contribution in [-0.4, -0.2) is 123 Å². The molecule has 0 atom stereocenters. The molecule has 0 radical (unpaired) electrons. The number of urea groups is 2. The fraction of sp³-hybridized carbons (Fsp3) is 0.364. The van der Waals surface area contributed by atoms with Crippen LogP contribution in [0.2, 0.25) is 0 Å². The molecule has 12 nitrogen and oxygen atoms in total. The van der Waals surface area contributed by atoms with Crippen molar-refractivity contribution in [3.05, 3.63) is 130 Å². The number of nitrogens with one attached hydrogen (secondary N) is 1. The van der Waals surface area contributed by atoms with Crippen LogP contribution in [0.15, 0.2) is 84.9 Å². The minimum absolute atomic E-state index is 0.0499. The topological polar surface area (TPSA) is 115 Å². The molecule has 328 valence electrons. The van der Waals surface area contributed by atoms with Crippen LogP contribution in [0.25, 0.3) is 0 Å². The summed E-state index contributed by atoms with van der Waals surface area (Å²) in [5, 5.41) is 3.20. The molecule has 61 heavy (non-hydrogen) atoms. The highest BCUT2D eigenvalue weighted by molar-refractivity contribution is 9.08. The number of amides is 4. The van der Waals surface area contributed by atoms with Gasteiger partial charge in [0, 0.05) is 74.6 Å². The predicted molar refractivity (Wildman–Crippen MR) is 229 cm³/mol. The Kier molecular flexibility index (Phi) is 19.0. The van der Waals surface area contributed by atoms with Gasteiger partial charge in [0.15, 0.2) is 0 Å². The second kappa shape index (κ2) is 24.1. The van der Waals surface area contributed by atoms with E-state index in [2.05, 4.69) is 54.4 Å². The quantitative estimate of drug-likeness (QED) is 0.102. The Balaban J connectivity index is 0.000000223. The van der Waals surface area contributed by atoms with Crippen molar-refractivity contribution in [2.45, 2.75) is 25.7 Å². The molecule has 4 aromatic carbocycles. The molecular weight excluding hydrogens is 864 g/mol. The summed E-state index contributed by atoms with van der Waals surface area (Å²) in [5.74, 6) is -2.91. The molecule has 0 saturated carbocycles. The van der Waals surface area contributed by atoms with Gasteiger partial charge in [0.05, 0.1) is 31.9 Å². The van der Waals surface area contributed by atoms with Gasteiger partial charge in [0.2, 0.25) is 0 Å². The molecule has 2 heterocycles. The zero-order valence-corrected chi connectivity index (χ0v) is 36.2. The number of methoxy groups -OCH3 is 2. The highest BCUT2D eigenvalue weighted by atomic mass is 79.9. The number of rotatable bonds is 9. The number of alkyl halides is 1. The number of ether oxygens (including phenoxy) is 2. The molecule has 2 saturated heterocycles. The predicted octanol–water partition coefficient (Wildman–Crippen LogP) is 8.02. The van der Waals surface area contributed by atoms with Gasteiger partial charge in [0.1, 0.15) is 23.3 Å². The summed E-state index contributed by atoms with van der Waals surface area (Å²) in [6.45, 7) is 12.0. The second-order valence-electron chi connectivity index (χ2n) is 13.9. The number of likely N-dealkylation sites (N-methyl/N-ethyl adjacent to an activating group) is 2. The van der Waals surface area contributed by atoms with Gasteiger partial charge in [-0.05, 0) is 91.4 Å². The van der Waals surface area contributed by atoms with E-state index in [1.54, 1.807) is 28.0 Å². The van der Waals surface area contributed by atoms with Crippen molar-refractivity contribution < 1.29 is 46.2 Å². The summed E-state index contributed by atoms with van der Waals surface area (Å²) in [6.07, 6.45) is 0.